The molecule has 3 heterocycles. The molecule has 67 heavy (non-hydrogen) atoms. The number of allylic oxidation sites excluding steroid dienone is 2. The normalized spacial score (nSPS) is 52.0. The molecule has 4 saturated carbocycles. The van der Waals surface area contributed by atoms with E-state index in [1.807, 2.05) is 20.8 Å². The predicted molar refractivity (Wildman–Crippen MR) is 238 cm³/mol. The number of fused-ring (bicyclic) bond motifs is 5. The average Bonchev–Trinajstić information content (AvgIpc) is 3.27. The summed E-state index contributed by atoms with van der Waals surface area (Å²) < 4.78 is 36.6. The molecular weight excluding hydrogens is 877 g/mol. The molecule has 0 aromatic carbocycles. The van der Waals surface area contributed by atoms with Crippen LogP contribution in [0.4, 0.5) is 0 Å². The van der Waals surface area contributed by atoms with Gasteiger partial charge in [-0.1, -0.05) is 52.7 Å². The Balaban J connectivity index is 1.09. The maximum Gasteiger partial charge on any atom is 0.187 e. The highest BCUT2D eigenvalue weighted by Crippen LogP contribution is 2.75. The van der Waals surface area contributed by atoms with Crippen LogP contribution in [0.3, 0.4) is 0 Å². The van der Waals surface area contributed by atoms with Gasteiger partial charge in [-0.15, -0.1) is 0 Å². The number of hydrogen-bond acceptors (Lipinski definition) is 18. The van der Waals surface area contributed by atoms with Gasteiger partial charge < -0.3 is 89.7 Å². The molecule has 7 aliphatic rings. The molecule has 0 radical (unpaired) electrons. The van der Waals surface area contributed by atoms with E-state index in [0.717, 1.165) is 44.1 Å². The van der Waals surface area contributed by atoms with E-state index in [0.29, 0.717) is 25.7 Å². The van der Waals surface area contributed by atoms with Crippen LogP contribution in [0.15, 0.2) is 11.6 Å². The molecule has 18 heteroatoms. The third-order valence-corrected chi connectivity index (χ3v) is 19.0. The van der Waals surface area contributed by atoms with E-state index in [4.69, 9.17) is 28.4 Å². The second-order valence-electron chi connectivity index (χ2n) is 23.3. The van der Waals surface area contributed by atoms with Crippen LogP contribution in [0.1, 0.15) is 120 Å². The van der Waals surface area contributed by atoms with Crippen LogP contribution in [0, 0.1) is 45.3 Å². The van der Waals surface area contributed by atoms with Gasteiger partial charge in [-0.2, -0.15) is 0 Å². The molecule has 4 aliphatic carbocycles. The second-order valence-corrected chi connectivity index (χ2v) is 23.3. The van der Waals surface area contributed by atoms with Gasteiger partial charge in [0.05, 0.1) is 37.6 Å². The van der Waals surface area contributed by atoms with Gasteiger partial charge in [0.2, 0.25) is 0 Å². The van der Waals surface area contributed by atoms with Gasteiger partial charge in [0.1, 0.15) is 73.2 Å². The van der Waals surface area contributed by atoms with Gasteiger partial charge >= 0.3 is 0 Å². The lowest BCUT2D eigenvalue weighted by Crippen LogP contribution is -2.70. The first kappa shape index (κ1) is 53.8. The van der Waals surface area contributed by atoms with E-state index < -0.39 is 135 Å². The summed E-state index contributed by atoms with van der Waals surface area (Å²) >= 11 is 0. The third kappa shape index (κ3) is 9.37. The maximum atomic E-state index is 12.7. The Morgan fingerprint density at radius 1 is 0.627 bits per heavy atom. The van der Waals surface area contributed by atoms with E-state index in [-0.39, 0.29) is 39.9 Å². The Morgan fingerprint density at radius 2 is 1.18 bits per heavy atom. The van der Waals surface area contributed by atoms with Gasteiger partial charge in [-0.3, -0.25) is 0 Å². The first-order valence-electron chi connectivity index (χ1n) is 24.9. The summed E-state index contributed by atoms with van der Waals surface area (Å²) in [6.45, 7) is 15.9. The third-order valence-electron chi connectivity index (χ3n) is 19.0. The maximum absolute atomic E-state index is 12.7. The van der Waals surface area contributed by atoms with Crippen LogP contribution < -0.4 is 0 Å². The van der Waals surface area contributed by atoms with Gasteiger partial charge in [0, 0.05) is 0 Å². The smallest absolute Gasteiger partial charge is 0.187 e. The highest BCUT2D eigenvalue weighted by Gasteiger charge is 2.71. The fourth-order valence-corrected chi connectivity index (χ4v) is 15.0. The van der Waals surface area contributed by atoms with Crippen molar-refractivity contribution in [2.75, 3.05) is 19.8 Å². The summed E-state index contributed by atoms with van der Waals surface area (Å²) in [6, 6.07) is 0. The summed E-state index contributed by atoms with van der Waals surface area (Å²) in [5.41, 5.74) is -1.04. The van der Waals surface area contributed by atoms with Crippen LogP contribution in [-0.4, -0.2) is 191 Å². The Bertz CT molecular complexity index is 1700. The molecule has 0 bridgehead atoms. The van der Waals surface area contributed by atoms with Crippen molar-refractivity contribution in [1.82, 2.24) is 0 Å². The average molecular weight is 961 g/mol. The van der Waals surface area contributed by atoms with Crippen molar-refractivity contribution >= 4 is 0 Å². The van der Waals surface area contributed by atoms with Gasteiger partial charge in [-0.25, -0.2) is 0 Å². The predicted octanol–water partition coefficient (Wildman–Crippen LogP) is 0.363. The molecule has 0 amide bonds. The quantitative estimate of drug-likeness (QED) is 0.0877. The van der Waals surface area contributed by atoms with Crippen molar-refractivity contribution in [3.8, 4) is 0 Å². The first-order chi connectivity index (χ1) is 31.3. The van der Waals surface area contributed by atoms with Crippen molar-refractivity contribution in [3.63, 3.8) is 0 Å². The van der Waals surface area contributed by atoms with E-state index in [1.165, 1.54) is 0 Å². The number of ether oxygens (including phenoxy) is 6. The van der Waals surface area contributed by atoms with Crippen LogP contribution in [0.2, 0.25) is 0 Å². The van der Waals surface area contributed by atoms with Gasteiger partial charge in [0.25, 0.3) is 0 Å². The lowest BCUT2D eigenvalue weighted by molar-refractivity contribution is -0.349. The summed E-state index contributed by atoms with van der Waals surface area (Å²) in [5.74, 6) is -0.102. The molecule has 7 rings (SSSR count). The highest BCUT2D eigenvalue weighted by molar-refractivity contribution is 5.19. The first-order valence-corrected chi connectivity index (χ1v) is 24.9. The number of aliphatic hydroxyl groups is 12. The molecule has 7 fully saturated rings. The Labute approximate surface area is 395 Å². The van der Waals surface area contributed by atoms with Crippen LogP contribution >= 0.6 is 0 Å². The lowest BCUT2D eigenvalue weighted by Gasteiger charge is -2.73. The van der Waals surface area contributed by atoms with Crippen LogP contribution in [0.25, 0.3) is 0 Å². The van der Waals surface area contributed by atoms with Crippen LogP contribution in [-0.2, 0) is 28.4 Å². The van der Waals surface area contributed by atoms with Crippen molar-refractivity contribution in [1.29, 1.82) is 0 Å². The Hall–Kier alpha value is -0.980. The van der Waals surface area contributed by atoms with E-state index in [9.17, 15) is 61.3 Å². The van der Waals surface area contributed by atoms with E-state index >= 15 is 0 Å². The minimum atomic E-state index is -1.69. The van der Waals surface area contributed by atoms with Crippen molar-refractivity contribution in [3.05, 3.63) is 11.6 Å². The van der Waals surface area contributed by atoms with E-state index in [2.05, 4.69) is 40.7 Å². The van der Waals surface area contributed by atoms with Crippen molar-refractivity contribution < 1.29 is 89.7 Å². The molecule has 18 nitrogen and oxygen atoms in total. The molecule has 0 aromatic rings. The van der Waals surface area contributed by atoms with E-state index in [1.54, 1.807) is 0 Å². The summed E-state index contributed by atoms with van der Waals surface area (Å²) in [5, 5.41) is 129. The standard InChI is InChI=1S/C49H84O18/c1-23(2)11-9-16-49(8,67-44-41(61)37(57)34(54)27(21-51)64-44)24-12-10-15-48(7)32(24)25(52)19-30-46(5)17-14-31(45(3,4)29(46)13-18-47(30,48)6)66-43-40(60)38(58)35(55)28(65-43)22-62-42-39(59)36(56)33(53)26(20-50)63-42/h11,24-44,50-61H,9-10,12-22H2,1-8H3. The molecule has 3 saturated heterocycles. The van der Waals surface area contributed by atoms with Crippen LogP contribution in [0.5, 0.6) is 0 Å². The van der Waals surface area contributed by atoms with Gasteiger partial charge in [-0.05, 0) is 124 Å². The molecule has 3 aliphatic heterocycles. The minimum Gasteiger partial charge on any atom is -0.394 e. The monoisotopic (exact) mass is 961 g/mol. The topological polar surface area (TPSA) is 298 Å². The molecule has 12 N–H and O–H groups in total. The zero-order valence-electron chi connectivity index (χ0n) is 40.7. The molecule has 25 atom stereocenters. The number of aliphatic hydroxyl groups excluding tert-OH is 12. The van der Waals surface area contributed by atoms with Crippen molar-refractivity contribution in [2.24, 2.45) is 45.3 Å². The molecule has 0 spiro atoms. The Kier molecular flexibility index (Phi) is 16.2. The summed E-state index contributed by atoms with van der Waals surface area (Å²) in [6.07, 6.45) is -13.8. The summed E-state index contributed by atoms with van der Waals surface area (Å²) in [4.78, 5) is 0. The number of hydrogen-bond donors (Lipinski definition) is 12. The zero-order valence-corrected chi connectivity index (χ0v) is 40.7. The second kappa shape index (κ2) is 20.1. The molecular formula is C49H84O18. The fourth-order valence-electron chi connectivity index (χ4n) is 15.0. The minimum absolute atomic E-state index is 0.119. The molecule has 0 aromatic heterocycles. The fraction of sp³-hybridized carbons (Fsp3) is 0.959. The SMILES string of the molecule is CC(C)=CCCC(C)(OC1OC(CO)C(O)C(O)C1O)C1CCCC2(C)C1C(O)CC1C3(C)CCC(OC4OC(COC5OC(CO)C(O)C(O)C5O)C(O)C(O)C4O)C(C)(C)C3CCC12C. The Morgan fingerprint density at radius 3 is 1.78 bits per heavy atom. The molecule has 25 unspecified atom stereocenters. The van der Waals surface area contributed by atoms with Gasteiger partial charge in [0.15, 0.2) is 18.9 Å². The number of rotatable bonds is 13. The zero-order chi connectivity index (χ0) is 49.3. The van der Waals surface area contributed by atoms with Crippen molar-refractivity contribution in [2.45, 2.75) is 230 Å². The molecule has 388 valence electrons. The highest BCUT2D eigenvalue weighted by atomic mass is 16.7. The summed E-state index contributed by atoms with van der Waals surface area (Å²) in [7, 11) is 0. The largest absolute Gasteiger partial charge is 0.394 e. The lowest BCUT2D eigenvalue weighted by atomic mass is 9.32.